The molecule has 0 nitrogen and oxygen atoms in total. The van der Waals surface area contributed by atoms with Crippen molar-refractivity contribution in [3.63, 3.8) is 0 Å². The van der Waals surface area contributed by atoms with Crippen LogP contribution in [0.2, 0.25) is 8.43 Å². The van der Waals surface area contributed by atoms with Gasteiger partial charge >= 0.3 is 74.8 Å². The van der Waals surface area contributed by atoms with E-state index in [1.165, 1.54) is 34.1 Å². The SMILES string of the molecule is CC[Te]C1CCCCCC1. The third-order valence-electron chi connectivity index (χ3n) is 2.20. The van der Waals surface area contributed by atoms with E-state index in [0.29, 0.717) is 20.9 Å². The van der Waals surface area contributed by atoms with Gasteiger partial charge in [-0.15, -0.1) is 0 Å². The number of rotatable bonds is 2. The zero-order valence-electron chi connectivity index (χ0n) is 6.94. The summed E-state index contributed by atoms with van der Waals surface area (Å²) in [6.45, 7) is 2.37. The van der Waals surface area contributed by atoms with Crippen LogP contribution in [0.1, 0.15) is 45.4 Å². The van der Waals surface area contributed by atoms with Crippen LogP contribution in [0, 0.1) is 0 Å². The summed E-state index contributed by atoms with van der Waals surface area (Å²) in [4.78, 5) is 0. The number of hydrogen-bond donors (Lipinski definition) is 0. The summed E-state index contributed by atoms with van der Waals surface area (Å²) in [5.41, 5.74) is 0. The first-order valence-electron chi connectivity index (χ1n) is 4.55. The molecule has 0 aromatic heterocycles. The van der Waals surface area contributed by atoms with Crippen LogP contribution in [0.15, 0.2) is 0 Å². The van der Waals surface area contributed by atoms with Crippen LogP contribution in [-0.2, 0) is 0 Å². The minimum absolute atomic E-state index is 0.426. The maximum absolute atomic E-state index is 2.37. The first-order chi connectivity index (χ1) is 4.93. The first-order valence-corrected chi connectivity index (χ1v) is 7.54. The van der Waals surface area contributed by atoms with Crippen LogP contribution in [0.3, 0.4) is 0 Å². The molecule has 0 heterocycles. The average Bonchev–Trinajstić information content (AvgIpc) is 2.17. The van der Waals surface area contributed by atoms with Gasteiger partial charge < -0.3 is 0 Å². The van der Waals surface area contributed by atoms with Crippen molar-refractivity contribution < 1.29 is 0 Å². The van der Waals surface area contributed by atoms with Gasteiger partial charge in [0.25, 0.3) is 0 Å². The van der Waals surface area contributed by atoms with Crippen molar-refractivity contribution in [2.24, 2.45) is 0 Å². The van der Waals surface area contributed by atoms with Gasteiger partial charge in [0.1, 0.15) is 0 Å². The molecule has 1 aliphatic carbocycles. The molecule has 0 aromatic carbocycles. The van der Waals surface area contributed by atoms with E-state index in [9.17, 15) is 0 Å². The maximum atomic E-state index is 2.37. The molecule has 1 fully saturated rings. The van der Waals surface area contributed by atoms with Crippen molar-refractivity contribution >= 4 is 20.9 Å². The Hall–Kier alpha value is 0.790. The summed E-state index contributed by atoms with van der Waals surface area (Å²) in [6.07, 6.45) is 9.28. The second-order valence-electron chi connectivity index (χ2n) is 3.07. The van der Waals surface area contributed by atoms with Gasteiger partial charge in [-0.05, 0) is 0 Å². The molecule has 0 aromatic rings. The molecule has 60 valence electrons. The standard InChI is InChI=1S/C9H18Te/c1-2-10-9-7-5-3-4-6-8-9/h9H,2-8H2,1H3. The van der Waals surface area contributed by atoms with Gasteiger partial charge in [0.05, 0.1) is 0 Å². The molecule has 0 spiro atoms. The van der Waals surface area contributed by atoms with Gasteiger partial charge in [-0.3, -0.25) is 0 Å². The van der Waals surface area contributed by atoms with E-state index in [0.717, 1.165) is 0 Å². The normalized spacial score (nSPS) is 22.5. The van der Waals surface area contributed by atoms with Crippen molar-refractivity contribution in [3.8, 4) is 0 Å². The molecule has 10 heavy (non-hydrogen) atoms. The van der Waals surface area contributed by atoms with Crippen LogP contribution in [0.5, 0.6) is 0 Å². The monoisotopic (exact) mass is 256 g/mol. The summed E-state index contributed by atoms with van der Waals surface area (Å²) in [5.74, 6) is 0. The molecule has 1 heteroatoms. The summed E-state index contributed by atoms with van der Waals surface area (Å²) >= 11 is 0.426. The Balaban J connectivity index is 2.15. The van der Waals surface area contributed by atoms with E-state index < -0.39 is 0 Å². The zero-order chi connectivity index (χ0) is 7.23. The van der Waals surface area contributed by atoms with Crippen molar-refractivity contribution in [1.29, 1.82) is 0 Å². The van der Waals surface area contributed by atoms with E-state index in [1.54, 1.807) is 12.8 Å². The predicted octanol–water partition coefficient (Wildman–Crippen LogP) is 3.27. The Kier molecular flexibility index (Phi) is 4.83. The fourth-order valence-electron chi connectivity index (χ4n) is 1.64. The zero-order valence-corrected chi connectivity index (χ0v) is 9.27. The van der Waals surface area contributed by atoms with Crippen LogP contribution < -0.4 is 0 Å². The molecule has 0 saturated heterocycles. The Morgan fingerprint density at radius 3 is 2.20 bits per heavy atom. The van der Waals surface area contributed by atoms with Gasteiger partial charge in [-0.1, -0.05) is 0 Å². The van der Waals surface area contributed by atoms with Crippen molar-refractivity contribution in [3.05, 3.63) is 0 Å². The van der Waals surface area contributed by atoms with E-state index in [2.05, 4.69) is 6.92 Å². The molecule has 0 bridgehead atoms. The van der Waals surface area contributed by atoms with E-state index in [1.807, 2.05) is 0 Å². The van der Waals surface area contributed by atoms with Crippen LogP contribution in [0.25, 0.3) is 0 Å². The van der Waals surface area contributed by atoms with Gasteiger partial charge in [0.15, 0.2) is 0 Å². The summed E-state index contributed by atoms with van der Waals surface area (Å²) in [6, 6.07) is 0. The molecule has 1 rings (SSSR count). The summed E-state index contributed by atoms with van der Waals surface area (Å²) < 4.78 is 2.74. The van der Waals surface area contributed by atoms with Gasteiger partial charge in [-0.25, -0.2) is 0 Å². The molecular formula is C9H18Te. The summed E-state index contributed by atoms with van der Waals surface area (Å²) in [5, 5.41) is 0. The minimum atomic E-state index is 0.426. The molecule has 1 aliphatic rings. The third-order valence-corrected chi connectivity index (χ3v) is 5.85. The first kappa shape index (κ1) is 8.88. The molecule has 1 saturated carbocycles. The third kappa shape index (κ3) is 3.26. The van der Waals surface area contributed by atoms with Crippen molar-refractivity contribution in [2.75, 3.05) is 0 Å². The van der Waals surface area contributed by atoms with E-state index in [-0.39, 0.29) is 0 Å². The van der Waals surface area contributed by atoms with Crippen LogP contribution >= 0.6 is 0 Å². The fourth-order valence-corrected chi connectivity index (χ4v) is 4.89. The van der Waals surface area contributed by atoms with Crippen LogP contribution in [0.4, 0.5) is 0 Å². The van der Waals surface area contributed by atoms with Gasteiger partial charge in [0, 0.05) is 0 Å². The fraction of sp³-hybridized carbons (Fsp3) is 1.00. The van der Waals surface area contributed by atoms with Gasteiger partial charge in [-0.2, -0.15) is 0 Å². The molecule has 0 aliphatic heterocycles. The Labute approximate surface area is 74.9 Å². The molecule has 0 atom stereocenters. The molecular weight excluding hydrogens is 236 g/mol. The van der Waals surface area contributed by atoms with E-state index >= 15 is 0 Å². The average molecular weight is 254 g/mol. The van der Waals surface area contributed by atoms with Crippen LogP contribution in [-0.4, -0.2) is 20.9 Å². The van der Waals surface area contributed by atoms with Gasteiger partial charge in [0.2, 0.25) is 0 Å². The quantitative estimate of drug-likeness (QED) is 0.524. The molecule has 0 amide bonds. The van der Waals surface area contributed by atoms with Crippen molar-refractivity contribution in [2.45, 2.75) is 53.9 Å². The molecule has 0 radical (unpaired) electrons. The number of hydrogen-bond acceptors (Lipinski definition) is 0. The molecule has 0 unspecified atom stereocenters. The topological polar surface area (TPSA) is 0 Å². The van der Waals surface area contributed by atoms with Crippen molar-refractivity contribution in [1.82, 2.24) is 0 Å². The second kappa shape index (κ2) is 5.44. The Morgan fingerprint density at radius 2 is 1.70 bits per heavy atom. The Bertz CT molecular complexity index is 72.8. The predicted molar refractivity (Wildman–Crippen MR) is 47.7 cm³/mol. The Morgan fingerprint density at radius 1 is 1.10 bits per heavy atom. The molecule has 0 N–H and O–H groups in total. The van der Waals surface area contributed by atoms with E-state index in [4.69, 9.17) is 0 Å². The summed E-state index contributed by atoms with van der Waals surface area (Å²) in [7, 11) is 0. The second-order valence-corrected chi connectivity index (χ2v) is 7.57.